The van der Waals surface area contributed by atoms with E-state index in [0.717, 1.165) is 6.07 Å². The normalized spacial score (nSPS) is 14.6. The van der Waals surface area contributed by atoms with Crippen LogP contribution in [0.3, 0.4) is 0 Å². The van der Waals surface area contributed by atoms with Crippen LogP contribution in [0.25, 0.3) is 0 Å². The molecule has 1 saturated heterocycles. The predicted molar refractivity (Wildman–Crippen MR) is 70.3 cm³/mol. The van der Waals surface area contributed by atoms with Crippen molar-refractivity contribution in [1.82, 2.24) is 0 Å². The van der Waals surface area contributed by atoms with Gasteiger partial charge in [0.05, 0.1) is 23.7 Å². The maximum Gasteiger partial charge on any atom is 0.335 e. The van der Waals surface area contributed by atoms with Gasteiger partial charge in [0.1, 0.15) is 5.69 Å². The molecule has 0 bridgehead atoms. The van der Waals surface area contributed by atoms with Crippen molar-refractivity contribution in [2.45, 2.75) is 0 Å². The lowest BCUT2D eigenvalue weighted by Crippen LogP contribution is -2.36. The van der Waals surface area contributed by atoms with Crippen LogP contribution in [0, 0.1) is 10.1 Å². The van der Waals surface area contributed by atoms with Gasteiger partial charge in [-0.25, -0.2) is 4.79 Å². The molecule has 0 radical (unpaired) electrons. The van der Waals surface area contributed by atoms with Gasteiger partial charge in [0.25, 0.3) is 5.69 Å². The van der Waals surface area contributed by atoms with E-state index >= 15 is 0 Å². The summed E-state index contributed by atoms with van der Waals surface area (Å²) in [6, 6.07) is 3.94. The number of hydrogen-bond acceptors (Lipinski definition) is 5. The molecule has 1 aromatic rings. The number of nitrogens with zero attached hydrogens (tertiary/aromatic N) is 2. The SMILES string of the molecule is Cl.O=C(O)c1ccc(N2CCOCC2)c([N+](=O)[O-])c1. The Bertz CT molecular complexity index is 488. The third kappa shape index (κ3) is 3.33. The van der Waals surface area contributed by atoms with Gasteiger partial charge in [-0.2, -0.15) is 0 Å². The number of halogens is 1. The highest BCUT2D eigenvalue weighted by atomic mass is 35.5. The summed E-state index contributed by atoms with van der Waals surface area (Å²) in [6.45, 7) is 2.15. The molecule has 0 atom stereocenters. The first kappa shape index (κ1) is 15.2. The molecule has 1 N–H and O–H groups in total. The van der Waals surface area contributed by atoms with E-state index in [9.17, 15) is 14.9 Å². The zero-order valence-electron chi connectivity index (χ0n) is 9.94. The molecule has 0 aliphatic carbocycles. The highest BCUT2D eigenvalue weighted by Crippen LogP contribution is 2.29. The number of anilines is 1. The molecule has 2 rings (SSSR count). The lowest BCUT2D eigenvalue weighted by Gasteiger charge is -2.28. The summed E-state index contributed by atoms with van der Waals surface area (Å²) >= 11 is 0. The van der Waals surface area contributed by atoms with Gasteiger partial charge in [-0.3, -0.25) is 10.1 Å². The van der Waals surface area contributed by atoms with Crippen LogP contribution in [0.4, 0.5) is 11.4 Å². The number of carbonyl (C=O) groups is 1. The number of nitro benzene ring substituents is 1. The quantitative estimate of drug-likeness (QED) is 0.670. The average Bonchev–Trinajstić information content (AvgIpc) is 2.39. The Morgan fingerprint density at radius 2 is 2.00 bits per heavy atom. The summed E-state index contributed by atoms with van der Waals surface area (Å²) in [6.07, 6.45) is 0. The smallest absolute Gasteiger partial charge is 0.335 e. The van der Waals surface area contributed by atoms with Gasteiger partial charge in [0.2, 0.25) is 0 Å². The lowest BCUT2D eigenvalue weighted by molar-refractivity contribution is -0.384. The van der Waals surface area contributed by atoms with Crippen molar-refractivity contribution in [2.75, 3.05) is 31.2 Å². The van der Waals surface area contributed by atoms with Gasteiger partial charge in [-0.05, 0) is 12.1 Å². The van der Waals surface area contributed by atoms with E-state index in [1.54, 1.807) is 0 Å². The van der Waals surface area contributed by atoms with Gasteiger partial charge in [0.15, 0.2) is 0 Å². The number of morpholine rings is 1. The average molecular weight is 289 g/mol. The first-order valence-corrected chi connectivity index (χ1v) is 5.44. The Morgan fingerprint density at radius 3 is 2.53 bits per heavy atom. The minimum atomic E-state index is -1.17. The topological polar surface area (TPSA) is 92.9 Å². The minimum absolute atomic E-state index is 0. The first-order chi connectivity index (χ1) is 8.59. The highest BCUT2D eigenvalue weighted by molar-refractivity contribution is 5.89. The third-order valence-electron chi connectivity index (χ3n) is 2.77. The molecule has 8 heteroatoms. The number of ether oxygens (including phenoxy) is 1. The van der Waals surface area contributed by atoms with E-state index < -0.39 is 10.9 Å². The second-order valence-electron chi connectivity index (χ2n) is 3.87. The van der Waals surface area contributed by atoms with Gasteiger partial charge in [-0.1, -0.05) is 0 Å². The van der Waals surface area contributed by atoms with Crippen molar-refractivity contribution < 1.29 is 19.6 Å². The number of nitro groups is 1. The zero-order valence-corrected chi connectivity index (χ0v) is 10.8. The van der Waals surface area contributed by atoms with Crippen molar-refractivity contribution in [2.24, 2.45) is 0 Å². The second kappa shape index (κ2) is 6.35. The van der Waals surface area contributed by atoms with Gasteiger partial charge >= 0.3 is 5.97 Å². The van der Waals surface area contributed by atoms with Crippen LogP contribution in [-0.2, 0) is 4.74 Å². The van der Waals surface area contributed by atoms with Crippen LogP contribution in [0.2, 0.25) is 0 Å². The van der Waals surface area contributed by atoms with Crippen LogP contribution in [-0.4, -0.2) is 42.3 Å². The van der Waals surface area contributed by atoms with Crippen LogP contribution in [0.15, 0.2) is 18.2 Å². The van der Waals surface area contributed by atoms with E-state index in [1.165, 1.54) is 12.1 Å². The zero-order chi connectivity index (χ0) is 13.1. The van der Waals surface area contributed by atoms with E-state index in [4.69, 9.17) is 9.84 Å². The van der Waals surface area contributed by atoms with Crippen LogP contribution in [0.1, 0.15) is 10.4 Å². The summed E-state index contributed by atoms with van der Waals surface area (Å²) in [5, 5.41) is 19.8. The number of hydrogen-bond donors (Lipinski definition) is 1. The minimum Gasteiger partial charge on any atom is -0.478 e. The molecule has 1 heterocycles. The Balaban J connectivity index is 0.00000180. The third-order valence-corrected chi connectivity index (χ3v) is 2.77. The fourth-order valence-electron chi connectivity index (χ4n) is 1.87. The summed E-state index contributed by atoms with van der Waals surface area (Å²) in [5.74, 6) is -1.17. The predicted octanol–water partition coefficient (Wildman–Crippen LogP) is 1.55. The van der Waals surface area contributed by atoms with Crippen molar-refractivity contribution in [1.29, 1.82) is 0 Å². The molecule has 7 nitrogen and oxygen atoms in total. The number of benzene rings is 1. The first-order valence-electron chi connectivity index (χ1n) is 5.44. The molecule has 0 unspecified atom stereocenters. The molecule has 1 aliphatic heterocycles. The Hall–Kier alpha value is -1.86. The second-order valence-corrected chi connectivity index (χ2v) is 3.87. The van der Waals surface area contributed by atoms with Crippen molar-refractivity contribution >= 4 is 29.8 Å². The molecule has 0 saturated carbocycles. The summed E-state index contributed by atoms with van der Waals surface area (Å²) < 4.78 is 5.18. The summed E-state index contributed by atoms with van der Waals surface area (Å²) in [5.41, 5.74) is 0.170. The maximum absolute atomic E-state index is 11.0. The van der Waals surface area contributed by atoms with Crippen LogP contribution < -0.4 is 4.90 Å². The Labute approximate surface area is 115 Å². The molecule has 0 aromatic heterocycles. The van der Waals surface area contributed by atoms with Gasteiger partial charge in [0, 0.05) is 19.2 Å². The number of carboxylic acid groups (broad SMARTS) is 1. The fraction of sp³-hybridized carbons (Fsp3) is 0.364. The largest absolute Gasteiger partial charge is 0.478 e. The molecular weight excluding hydrogens is 276 g/mol. The summed E-state index contributed by atoms with van der Waals surface area (Å²) in [7, 11) is 0. The van der Waals surface area contributed by atoms with Gasteiger partial charge in [-0.15, -0.1) is 12.4 Å². The van der Waals surface area contributed by atoms with Crippen LogP contribution >= 0.6 is 12.4 Å². The van der Waals surface area contributed by atoms with E-state index in [-0.39, 0.29) is 23.7 Å². The standard InChI is InChI=1S/C11H12N2O5.ClH/c14-11(15)8-1-2-9(10(7-8)13(16)17)12-3-5-18-6-4-12;/h1-2,7H,3-6H2,(H,14,15);1H. The molecule has 0 spiro atoms. The molecule has 104 valence electrons. The number of carboxylic acids is 1. The molecule has 0 amide bonds. The van der Waals surface area contributed by atoms with E-state index in [1.807, 2.05) is 4.90 Å². The van der Waals surface area contributed by atoms with E-state index in [2.05, 4.69) is 0 Å². The van der Waals surface area contributed by atoms with Crippen molar-refractivity contribution in [3.8, 4) is 0 Å². The highest BCUT2D eigenvalue weighted by Gasteiger charge is 2.22. The number of rotatable bonds is 3. The fourth-order valence-corrected chi connectivity index (χ4v) is 1.87. The molecule has 1 fully saturated rings. The maximum atomic E-state index is 11.0. The molecule has 1 aromatic carbocycles. The number of aromatic carboxylic acids is 1. The Kier molecular flexibility index (Phi) is 5.08. The lowest BCUT2D eigenvalue weighted by atomic mass is 10.1. The van der Waals surface area contributed by atoms with Crippen molar-refractivity contribution in [3.63, 3.8) is 0 Å². The van der Waals surface area contributed by atoms with Crippen molar-refractivity contribution in [3.05, 3.63) is 33.9 Å². The Morgan fingerprint density at radius 1 is 1.37 bits per heavy atom. The molecule has 1 aliphatic rings. The van der Waals surface area contributed by atoms with E-state index in [0.29, 0.717) is 32.0 Å². The summed E-state index contributed by atoms with van der Waals surface area (Å²) in [4.78, 5) is 23.1. The molecule has 19 heavy (non-hydrogen) atoms. The monoisotopic (exact) mass is 288 g/mol. The molecular formula is C11H13ClN2O5. The van der Waals surface area contributed by atoms with Crippen LogP contribution in [0.5, 0.6) is 0 Å². The van der Waals surface area contributed by atoms with Gasteiger partial charge < -0.3 is 14.7 Å².